The van der Waals surface area contributed by atoms with Crippen molar-refractivity contribution in [3.05, 3.63) is 27.6 Å². The van der Waals surface area contributed by atoms with Crippen LogP contribution in [0.1, 0.15) is 23.9 Å². The summed E-state index contributed by atoms with van der Waals surface area (Å²) in [6, 6.07) is 1.54. The lowest BCUT2D eigenvalue weighted by Crippen LogP contribution is -2.25. The lowest BCUT2D eigenvalue weighted by Gasteiger charge is -2.09. The molecule has 0 bridgehead atoms. The fraction of sp³-hybridized carbons (Fsp3) is 0.455. The second-order valence-electron chi connectivity index (χ2n) is 4.08. The fourth-order valence-electron chi connectivity index (χ4n) is 1.80. The molecule has 0 aliphatic heterocycles. The van der Waals surface area contributed by atoms with Crippen LogP contribution in [-0.4, -0.2) is 21.0 Å². The first-order valence-corrected chi connectivity index (χ1v) is 6.29. The molecule has 0 fully saturated rings. The summed E-state index contributed by atoms with van der Waals surface area (Å²) in [7, 11) is 0. The highest BCUT2D eigenvalue weighted by atomic mass is 79.9. The van der Waals surface area contributed by atoms with Gasteiger partial charge in [0.05, 0.1) is 0 Å². The van der Waals surface area contributed by atoms with E-state index in [4.69, 9.17) is 0 Å². The van der Waals surface area contributed by atoms with Gasteiger partial charge in [0, 0.05) is 0 Å². The van der Waals surface area contributed by atoms with E-state index in [0.717, 1.165) is 15.6 Å². The zero-order valence-corrected chi connectivity index (χ0v) is 11.7. The Morgan fingerprint density at radius 3 is 2.58 bits per heavy atom. The third-order valence-corrected chi connectivity index (χ3v) is 3.63. The van der Waals surface area contributed by atoms with Gasteiger partial charge in [-0.1, -0.05) is 6.92 Å². The Labute approximate surface area is 114 Å². The number of hydrogen-bond donors (Lipinski definition) is 0. The van der Waals surface area contributed by atoms with Crippen molar-refractivity contribution in [1.82, 2.24) is 14.6 Å². The summed E-state index contributed by atoms with van der Waals surface area (Å²) in [5, 5.41) is 3.48. The molecule has 0 atom stereocenters. The average molecular weight is 340 g/mol. The minimum Gasteiger partial charge on any atom is -0.206 e. The summed E-state index contributed by atoms with van der Waals surface area (Å²) in [4.78, 5) is 3.49. The van der Waals surface area contributed by atoms with Gasteiger partial charge >= 0.3 is 12.3 Å². The van der Waals surface area contributed by atoms with Crippen LogP contribution in [0.15, 0.2) is 10.7 Å². The van der Waals surface area contributed by atoms with Crippen molar-refractivity contribution in [2.45, 2.75) is 32.6 Å². The number of aromatic nitrogens is 3. The van der Waals surface area contributed by atoms with E-state index < -0.39 is 18.2 Å². The molecule has 8 heteroatoms. The van der Waals surface area contributed by atoms with E-state index in [-0.39, 0.29) is 5.65 Å². The Balaban J connectivity index is 2.68. The van der Waals surface area contributed by atoms with Gasteiger partial charge in [-0.05, 0) is 46.5 Å². The highest BCUT2D eigenvalue weighted by Gasteiger charge is 2.47. The van der Waals surface area contributed by atoms with Gasteiger partial charge in [-0.15, -0.1) is 5.10 Å². The summed E-state index contributed by atoms with van der Waals surface area (Å²) >= 11 is 3.24. The van der Waals surface area contributed by atoms with Gasteiger partial charge in [-0.3, -0.25) is 0 Å². The first kappa shape index (κ1) is 14.2. The van der Waals surface area contributed by atoms with Crippen LogP contribution < -0.4 is 0 Å². The van der Waals surface area contributed by atoms with Gasteiger partial charge in [0.15, 0.2) is 5.65 Å². The average Bonchev–Trinajstić information content (AvgIpc) is 2.73. The lowest BCUT2D eigenvalue weighted by atomic mass is 10.1. The summed E-state index contributed by atoms with van der Waals surface area (Å²) in [5.41, 5.74) is 1.81. The van der Waals surface area contributed by atoms with E-state index in [2.05, 4.69) is 26.0 Å². The Morgan fingerprint density at radius 1 is 1.42 bits per heavy atom. The molecule has 0 amide bonds. The zero-order valence-electron chi connectivity index (χ0n) is 10.1. The molecule has 19 heavy (non-hydrogen) atoms. The van der Waals surface area contributed by atoms with Crippen molar-refractivity contribution in [2.24, 2.45) is 0 Å². The summed E-state index contributed by atoms with van der Waals surface area (Å²) in [5.74, 6) is -5.53. The van der Waals surface area contributed by atoms with Gasteiger partial charge in [0.2, 0.25) is 5.82 Å². The Kier molecular flexibility index (Phi) is 3.55. The number of aryl methyl sites for hydroxylation is 1. The molecule has 0 spiro atoms. The molecule has 0 saturated heterocycles. The second-order valence-corrected chi connectivity index (χ2v) is 4.83. The summed E-state index contributed by atoms with van der Waals surface area (Å²) in [6.45, 7) is 3.69. The van der Waals surface area contributed by atoms with E-state index >= 15 is 0 Å². The highest BCUT2D eigenvalue weighted by Crippen LogP contribution is 2.33. The minimum atomic E-state index is -4.36. The molecule has 2 aromatic rings. The van der Waals surface area contributed by atoms with Crippen LogP contribution in [0.3, 0.4) is 0 Å². The molecular weight excluding hydrogens is 330 g/mol. The van der Waals surface area contributed by atoms with Crippen LogP contribution in [0.4, 0.5) is 17.6 Å². The third-order valence-electron chi connectivity index (χ3n) is 2.81. The molecule has 0 N–H and O–H groups in total. The number of halogens is 5. The standard InChI is InChI=1S/C11H10BrF4N3/c1-3-6-5(2)4-7-17-10(11(15,16)9(13)14)18-19(7)8(6)12/h4,9H,3H2,1-2H3. The maximum Gasteiger partial charge on any atom is 0.367 e. The van der Waals surface area contributed by atoms with Crippen molar-refractivity contribution in [1.29, 1.82) is 0 Å². The first-order valence-electron chi connectivity index (χ1n) is 5.50. The summed E-state index contributed by atoms with van der Waals surface area (Å²) < 4.78 is 52.6. The Bertz CT molecular complexity index is 624. The molecule has 2 aromatic heterocycles. The monoisotopic (exact) mass is 339 g/mol. The smallest absolute Gasteiger partial charge is 0.206 e. The number of rotatable bonds is 3. The molecule has 0 saturated carbocycles. The van der Waals surface area contributed by atoms with E-state index in [1.807, 2.05) is 6.92 Å². The number of nitrogens with zero attached hydrogens (tertiary/aromatic N) is 3. The van der Waals surface area contributed by atoms with Gasteiger partial charge in [0.25, 0.3) is 0 Å². The van der Waals surface area contributed by atoms with E-state index in [1.54, 1.807) is 13.0 Å². The van der Waals surface area contributed by atoms with Crippen LogP contribution in [0.2, 0.25) is 0 Å². The SMILES string of the molecule is CCc1c(C)cc2nc(C(F)(F)C(F)F)nn2c1Br. The van der Waals surface area contributed by atoms with Crippen molar-refractivity contribution >= 4 is 21.6 Å². The van der Waals surface area contributed by atoms with E-state index in [0.29, 0.717) is 11.0 Å². The molecule has 0 aliphatic carbocycles. The van der Waals surface area contributed by atoms with Crippen LogP contribution >= 0.6 is 15.9 Å². The number of hydrogen-bond acceptors (Lipinski definition) is 2. The first-order chi connectivity index (χ1) is 8.78. The Hall–Kier alpha value is -1.18. The van der Waals surface area contributed by atoms with Crippen LogP contribution in [0, 0.1) is 6.92 Å². The van der Waals surface area contributed by atoms with Gasteiger partial charge in [-0.25, -0.2) is 18.3 Å². The molecule has 0 radical (unpaired) electrons. The van der Waals surface area contributed by atoms with Crippen LogP contribution in [0.5, 0.6) is 0 Å². The molecular formula is C11H10BrF4N3. The minimum absolute atomic E-state index is 0.108. The maximum absolute atomic E-state index is 13.2. The van der Waals surface area contributed by atoms with Crippen molar-refractivity contribution in [2.75, 3.05) is 0 Å². The zero-order chi connectivity index (χ0) is 14.4. The predicted octanol–water partition coefficient (Wildman–Crippen LogP) is 3.72. The molecule has 0 unspecified atom stereocenters. The maximum atomic E-state index is 13.2. The van der Waals surface area contributed by atoms with E-state index in [1.165, 1.54) is 0 Å². The Morgan fingerprint density at radius 2 is 2.05 bits per heavy atom. The number of alkyl halides is 4. The molecule has 0 aliphatic rings. The molecule has 2 rings (SSSR count). The molecule has 104 valence electrons. The van der Waals surface area contributed by atoms with Crippen molar-refractivity contribution in [3.63, 3.8) is 0 Å². The van der Waals surface area contributed by atoms with E-state index in [9.17, 15) is 17.6 Å². The molecule has 2 heterocycles. The number of pyridine rings is 1. The molecule has 0 aromatic carbocycles. The highest BCUT2D eigenvalue weighted by molar-refractivity contribution is 9.10. The predicted molar refractivity (Wildman–Crippen MR) is 64.7 cm³/mol. The quantitative estimate of drug-likeness (QED) is 0.630. The van der Waals surface area contributed by atoms with Gasteiger partial charge in [-0.2, -0.15) is 8.78 Å². The second kappa shape index (κ2) is 4.73. The third kappa shape index (κ3) is 2.22. The van der Waals surface area contributed by atoms with Crippen LogP contribution in [0.25, 0.3) is 5.65 Å². The van der Waals surface area contributed by atoms with Crippen LogP contribution in [-0.2, 0) is 12.3 Å². The largest absolute Gasteiger partial charge is 0.367 e. The normalized spacial score (nSPS) is 12.6. The van der Waals surface area contributed by atoms with Gasteiger partial charge < -0.3 is 0 Å². The molecule has 3 nitrogen and oxygen atoms in total. The van der Waals surface area contributed by atoms with Crippen molar-refractivity contribution < 1.29 is 17.6 Å². The lowest BCUT2D eigenvalue weighted by molar-refractivity contribution is -0.140. The fourth-order valence-corrected chi connectivity index (χ4v) is 2.65. The summed E-state index contributed by atoms with van der Waals surface area (Å²) in [6.07, 6.45) is -3.18. The topological polar surface area (TPSA) is 30.2 Å². The van der Waals surface area contributed by atoms with Gasteiger partial charge in [0.1, 0.15) is 4.60 Å². The number of fused-ring (bicyclic) bond motifs is 1. The van der Waals surface area contributed by atoms with Crippen molar-refractivity contribution in [3.8, 4) is 0 Å².